The minimum Gasteiger partial charge on any atom is -0.508 e. The van der Waals surface area contributed by atoms with E-state index in [1.165, 1.54) is 6.07 Å². The van der Waals surface area contributed by atoms with Gasteiger partial charge in [0.05, 0.1) is 0 Å². The zero-order valence-electron chi connectivity index (χ0n) is 9.19. The highest BCUT2D eigenvalue weighted by molar-refractivity contribution is 7.98. The van der Waals surface area contributed by atoms with Gasteiger partial charge < -0.3 is 16.2 Å². The van der Waals surface area contributed by atoms with Crippen molar-refractivity contribution in [1.82, 2.24) is 5.32 Å². The molecule has 1 aromatic carbocycles. The molecule has 5 heteroatoms. The fourth-order valence-corrected chi connectivity index (χ4v) is 1.61. The zero-order valence-corrected chi connectivity index (χ0v) is 10.0. The lowest BCUT2D eigenvalue weighted by Gasteiger charge is -2.07. The molecule has 4 nitrogen and oxygen atoms in total. The number of aromatic hydroxyl groups is 1. The number of amides is 1. The summed E-state index contributed by atoms with van der Waals surface area (Å²) in [6.07, 6.45) is 2.45. The number of thioether (sulfide) groups is 1. The number of nitrogens with two attached hydrogens (primary N) is 1. The van der Waals surface area contributed by atoms with Crippen LogP contribution in [0.1, 0.15) is 12.0 Å². The van der Waals surface area contributed by atoms with Crippen LogP contribution in [0.25, 0.3) is 0 Å². The summed E-state index contributed by atoms with van der Waals surface area (Å²) in [4.78, 5) is 11.3. The first-order valence-electron chi connectivity index (χ1n) is 4.96. The van der Waals surface area contributed by atoms with E-state index in [2.05, 4.69) is 5.32 Å². The third kappa shape index (κ3) is 4.02. The highest BCUT2D eigenvalue weighted by Gasteiger charge is 2.04. The molecule has 0 radical (unpaired) electrons. The van der Waals surface area contributed by atoms with Crippen molar-refractivity contribution in [3.05, 3.63) is 23.8 Å². The van der Waals surface area contributed by atoms with Gasteiger partial charge in [-0.05, 0) is 24.5 Å². The van der Waals surface area contributed by atoms with Crippen molar-refractivity contribution in [3.63, 3.8) is 0 Å². The molecule has 1 amide bonds. The molecule has 0 saturated carbocycles. The molecule has 0 unspecified atom stereocenters. The van der Waals surface area contributed by atoms with Gasteiger partial charge in [-0.15, -0.1) is 0 Å². The van der Waals surface area contributed by atoms with Gasteiger partial charge in [0, 0.05) is 30.0 Å². The number of rotatable bonds is 5. The predicted molar refractivity (Wildman–Crippen MR) is 67.4 cm³/mol. The van der Waals surface area contributed by atoms with Crippen LogP contribution in [0.15, 0.2) is 18.2 Å². The third-order valence-corrected chi connectivity index (χ3v) is 2.73. The summed E-state index contributed by atoms with van der Waals surface area (Å²) in [5.74, 6) is 0.935. The van der Waals surface area contributed by atoms with E-state index in [1.807, 2.05) is 6.26 Å². The zero-order chi connectivity index (χ0) is 12.0. The van der Waals surface area contributed by atoms with Crippen LogP contribution < -0.4 is 11.1 Å². The summed E-state index contributed by atoms with van der Waals surface area (Å²) in [5, 5.41) is 12.2. The number of nitrogens with one attached hydrogen (secondary N) is 1. The van der Waals surface area contributed by atoms with Gasteiger partial charge >= 0.3 is 0 Å². The number of phenolic OH excluding ortho intramolecular Hbond substituents is 1. The highest BCUT2D eigenvalue weighted by atomic mass is 32.2. The lowest BCUT2D eigenvalue weighted by atomic mass is 10.2. The van der Waals surface area contributed by atoms with Crippen LogP contribution in [-0.4, -0.2) is 23.0 Å². The van der Waals surface area contributed by atoms with Crippen molar-refractivity contribution in [2.45, 2.75) is 13.0 Å². The van der Waals surface area contributed by atoms with E-state index >= 15 is 0 Å². The predicted octanol–water partition coefficient (Wildman–Crippen LogP) is 1.34. The van der Waals surface area contributed by atoms with Crippen LogP contribution in [0.4, 0.5) is 5.69 Å². The summed E-state index contributed by atoms with van der Waals surface area (Å²) in [5.41, 5.74) is 6.80. The van der Waals surface area contributed by atoms with Crippen LogP contribution in [-0.2, 0) is 11.3 Å². The van der Waals surface area contributed by atoms with Gasteiger partial charge in [-0.25, -0.2) is 0 Å². The van der Waals surface area contributed by atoms with Crippen molar-refractivity contribution in [2.75, 3.05) is 17.7 Å². The molecule has 0 aliphatic rings. The first-order chi connectivity index (χ1) is 7.63. The smallest absolute Gasteiger partial charge is 0.221 e. The summed E-state index contributed by atoms with van der Waals surface area (Å²) in [7, 11) is 0. The van der Waals surface area contributed by atoms with Crippen molar-refractivity contribution < 1.29 is 9.90 Å². The standard InChI is InChI=1S/C11H16N2O2S/c1-16-5-4-11(15)13-7-8-6-9(12)2-3-10(8)14/h2-3,6,14H,4-5,7,12H2,1H3,(H,13,15). The SMILES string of the molecule is CSCCC(=O)NCc1cc(N)ccc1O. The first kappa shape index (κ1) is 12.7. The maximum absolute atomic E-state index is 11.3. The number of nitrogen functional groups attached to an aromatic ring is 1. The minimum absolute atomic E-state index is 0.0174. The van der Waals surface area contributed by atoms with Gasteiger partial charge in [-0.3, -0.25) is 4.79 Å². The van der Waals surface area contributed by atoms with Gasteiger partial charge in [0.2, 0.25) is 5.91 Å². The van der Waals surface area contributed by atoms with E-state index < -0.39 is 0 Å². The molecule has 0 bridgehead atoms. The third-order valence-electron chi connectivity index (χ3n) is 2.11. The molecule has 88 valence electrons. The highest BCUT2D eigenvalue weighted by Crippen LogP contribution is 2.19. The van der Waals surface area contributed by atoms with Crippen LogP contribution in [0, 0.1) is 0 Å². The van der Waals surface area contributed by atoms with Gasteiger partial charge in [-0.1, -0.05) is 0 Å². The molecule has 4 N–H and O–H groups in total. The molecule has 16 heavy (non-hydrogen) atoms. The average Bonchev–Trinajstić information content (AvgIpc) is 2.27. The van der Waals surface area contributed by atoms with Gasteiger partial charge in [-0.2, -0.15) is 11.8 Å². The quantitative estimate of drug-likeness (QED) is 0.536. The molecule has 0 aromatic heterocycles. The second-order valence-electron chi connectivity index (χ2n) is 3.41. The lowest BCUT2D eigenvalue weighted by molar-refractivity contribution is -0.120. The van der Waals surface area contributed by atoms with Gasteiger partial charge in [0.1, 0.15) is 5.75 Å². The Morgan fingerprint density at radius 1 is 1.56 bits per heavy atom. The van der Waals surface area contributed by atoms with Crippen LogP contribution in [0.2, 0.25) is 0 Å². The number of hydrogen-bond donors (Lipinski definition) is 3. The molecule has 0 fully saturated rings. The fourth-order valence-electron chi connectivity index (χ4n) is 1.22. The molecule has 1 rings (SSSR count). The molecule has 0 aliphatic heterocycles. The van der Waals surface area contributed by atoms with Crippen molar-refractivity contribution >= 4 is 23.4 Å². The largest absolute Gasteiger partial charge is 0.508 e. The first-order valence-corrected chi connectivity index (χ1v) is 6.36. The van der Waals surface area contributed by atoms with E-state index in [1.54, 1.807) is 23.9 Å². The Balaban J connectivity index is 2.47. The van der Waals surface area contributed by atoms with Crippen molar-refractivity contribution in [1.29, 1.82) is 0 Å². The minimum atomic E-state index is -0.0174. The monoisotopic (exact) mass is 240 g/mol. The fraction of sp³-hybridized carbons (Fsp3) is 0.364. The molecule has 0 spiro atoms. The maximum Gasteiger partial charge on any atom is 0.221 e. The number of hydrogen-bond acceptors (Lipinski definition) is 4. The van der Waals surface area contributed by atoms with Crippen molar-refractivity contribution in [2.24, 2.45) is 0 Å². The Morgan fingerprint density at radius 2 is 2.31 bits per heavy atom. The summed E-state index contributed by atoms with van der Waals surface area (Å²) in [6, 6.07) is 4.80. The molecule has 0 heterocycles. The molecular formula is C11H16N2O2S. The second-order valence-corrected chi connectivity index (χ2v) is 4.39. The molecule has 1 aromatic rings. The van der Waals surface area contributed by atoms with E-state index in [9.17, 15) is 9.90 Å². The van der Waals surface area contributed by atoms with E-state index in [0.29, 0.717) is 24.2 Å². The molecular weight excluding hydrogens is 224 g/mol. The lowest BCUT2D eigenvalue weighted by Crippen LogP contribution is -2.23. The Hall–Kier alpha value is -1.36. The topological polar surface area (TPSA) is 75.4 Å². The Kier molecular flexibility index (Phi) is 4.98. The Morgan fingerprint density at radius 3 is 3.00 bits per heavy atom. The maximum atomic E-state index is 11.3. The van der Waals surface area contributed by atoms with E-state index in [-0.39, 0.29) is 11.7 Å². The summed E-state index contributed by atoms with van der Waals surface area (Å²) in [6.45, 7) is 0.310. The second kappa shape index (κ2) is 6.27. The normalized spacial score (nSPS) is 10.1. The molecule has 0 aliphatic carbocycles. The van der Waals surface area contributed by atoms with Crippen LogP contribution in [0.5, 0.6) is 5.75 Å². The van der Waals surface area contributed by atoms with E-state index in [4.69, 9.17) is 5.73 Å². The number of anilines is 1. The molecule has 0 atom stereocenters. The average molecular weight is 240 g/mol. The van der Waals surface area contributed by atoms with Crippen LogP contribution >= 0.6 is 11.8 Å². The number of benzene rings is 1. The number of carbonyl (C=O) groups excluding carboxylic acids is 1. The van der Waals surface area contributed by atoms with Gasteiger partial charge in [0.15, 0.2) is 0 Å². The molecule has 0 saturated heterocycles. The summed E-state index contributed by atoms with van der Waals surface area (Å²) < 4.78 is 0. The van der Waals surface area contributed by atoms with E-state index in [0.717, 1.165) is 5.75 Å². The summed E-state index contributed by atoms with van der Waals surface area (Å²) >= 11 is 1.63. The number of phenols is 1. The Bertz CT molecular complexity index is 369. The number of carbonyl (C=O) groups is 1. The van der Waals surface area contributed by atoms with Crippen molar-refractivity contribution in [3.8, 4) is 5.75 Å². The Labute approximate surface area is 99.2 Å². The van der Waals surface area contributed by atoms with Gasteiger partial charge in [0.25, 0.3) is 0 Å². The van der Waals surface area contributed by atoms with Crippen LogP contribution in [0.3, 0.4) is 0 Å².